The van der Waals surface area contributed by atoms with Gasteiger partial charge in [0.05, 0.1) is 11.0 Å². The molecule has 31 heavy (non-hydrogen) atoms. The van der Waals surface area contributed by atoms with Crippen LogP contribution in [0, 0.1) is 10.1 Å². The van der Waals surface area contributed by atoms with Crippen molar-refractivity contribution >= 4 is 11.4 Å². The topological polar surface area (TPSA) is 78.4 Å². The fourth-order valence-corrected chi connectivity index (χ4v) is 3.88. The summed E-state index contributed by atoms with van der Waals surface area (Å²) in [5.41, 5.74) is 7.92. The number of unbranched alkanes of at least 4 members (excludes halogenated alkanes) is 11. The Morgan fingerprint density at radius 2 is 1.42 bits per heavy atom. The Bertz CT molecular complexity index is 792. The summed E-state index contributed by atoms with van der Waals surface area (Å²) in [5, 5.41) is 11.0. The first-order valence-corrected chi connectivity index (χ1v) is 11.9. The lowest BCUT2D eigenvalue weighted by molar-refractivity contribution is -0.384. The Morgan fingerprint density at radius 3 is 2.03 bits per heavy atom. The summed E-state index contributed by atoms with van der Waals surface area (Å²) >= 11 is 0. The molecule has 5 heteroatoms. The second-order valence-corrected chi connectivity index (χ2v) is 8.32. The van der Waals surface area contributed by atoms with E-state index in [0.717, 1.165) is 18.4 Å². The van der Waals surface area contributed by atoms with Crippen LogP contribution in [-0.4, -0.2) is 4.92 Å². The molecule has 0 spiro atoms. The molecule has 2 rings (SSSR count). The Hall–Kier alpha value is -2.56. The molecule has 0 aliphatic carbocycles. The third-order valence-electron chi connectivity index (χ3n) is 5.71. The lowest BCUT2D eigenvalue weighted by atomic mass is 10.0. The van der Waals surface area contributed by atoms with Gasteiger partial charge >= 0.3 is 0 Å². The summed E-state index contributed by atoms with van der Waals surface area (Å²) < 4.78 is 5.95. The molecule has 0 unspecified atom stereocenters. The van der Waals surface area contributed by atoms with Gasteiger partial charge in [0.15, 0.2) is 0 Å². The van der Waals surface area contributed by atoms with Gasteiger partial charge in [-0.1, -0.05) is 89.7 Å². The molecule has 5 nitrogen and oxygen atoms in total. The average Bonchev–Trinajstić information content (AvgIpc) is 2.76. The molecule has 2 aromatic rings. The van der Waals surface area contributed by atoms with Gasteiger partial charge < -0.3 is 10.5 Å². The molecule has 0 amide bonds. The predicted molar refractivity (Wildman–Crippen MR) is 129 cm³/mol. The summed E-state index contributed by atoms with van der Waals surface area (Å²) in [6.07, 6.45) is 16.6. The van der Waals surface area contributed by atoms with E-state index in [1.165, 1.54) is 82.8 Å². The van der Waals surface area contributed by atoms with E-state index in [2.05, 4.69) is 6.92 Å². The van der Waals surface area contributed by atoms with E-state index < -0.39 is 4.92 Å². The highest BCUT2D eigenvalue weighted by Crippen LogP contribution is 2.32. The van der Waals surface area contributed by atoms with Crippen molar-refractivity contribution in [2.75, 3.05) is 5.73 Å². The maximum Gasteiger partial charge on any atom is 0.273 e. The van der Waals surface area contributed by atoms with Crippen LogP contribution >= 0.6 is 0 Å². The second kappa shape index (κ2) is 14.4. The third kappa shape index (κ3) is 9.41. The molecule has 170 valence electrons. The molecule has 0 saturated carbocycles. The second-order valence-electron chi connectivity index (χ2n) is 8.32. The van der Waals surface area contributed by atoms with Crippen LogP contribution in [0.2, 0.25) is 0 Å². The molecule has 0 fully saturated rings. The van der Waals surface area contributed by atoms with E-state index in [1.54, 1.807) is 12.1 Å². The van der Waals surface area contributed by atoms with Crippen molar-refractivity contribution in [3.8, 4) is 11.5 Å². The van der Waals surface area contributed by atoms with Gasteiger partial charge in [0.25, 0.3) is 5.69 Å². The maximum absolute atomic E-state index is 11.0. The zero-order valence-corrected chi connectivity index (χ0v) is 19.0. The molecule has 0 aliphatic heterocycles. The van der Waals surface area contributed by atoms with E-state index >= 15 is 0 Å². The quantitative estimate of drug-likeness (QED) is 0.127. The lowest BCUT2D eigenvalue weighted by Crippen LogP contribution is -1.99. The molecule has 0 bridgehead atoms. The van der Waals surface area contributed by atoms with Crippen LogP contribution in [0.5, 0.6) is 11.5 Å². The number of hydrogen-bond donors (Lipinski definition) is 1. The van der Waals surface area contributed by atoms with Crippen molar-refractivity contribution in [1.82, 2.24) is 0 Å². The van der Waals surface area contributed by atoms with Gasteiger partial charge in [-0.25, -0.2) is 0 Å². The smallest absolute Gasteiger partial charge is 0.273 e. The van der Waals surface area contributed by atoms with Gasteiger partial charge in [-0.05, 0) is 31.0 Å². The van der Waals surface area contributed by atoms with Crippen LogP contribution < -0.4 is 10.5 Å². The SMILES string of the molecule is CCCCCCCCCCCCCCc1c(N)cccc1Oc1cccc([N+](=O)[O-])c1. The molecule has 0 atom stereocenters. The average molecular weight is 427 g/mol. The Kier molecular flexibility index (Phi) is 11.5. The van der Waals surface area contributed by atoms with Crippen molar-refractivity contribution in [3.63, 3.8) is 0 Å². The zero-order chi connectivity index (χ0) is 22.3. The van der Waals surface area contributed by atoms with E-state index in [1.807, 2.05) is 18.2 Å². The fourth-order valence-electron chi connectivity index (χ4n) is 3.88. The largest absolute Gasteiger partial charge is 0.457 e. The van der Waals surface area contributed by atoms with Crippen LogP contribution in [-0.2, 0) is 6.42 Å². The molecular weight excluding hydrogens is 388 g/mol. The van der Waals surface area contributed by atoms with Gasteiger partial charge in [0.1, 0.15) is 11.5 Å². The summed E-state index contributed by atoms with van der Waals surface area (Å²) in [7, 11) is 0. The zero-order valence-electron chi connectivity index (χ0n) is 19.0. The van der Waals surface area contributed by atoms with E-state index in [0.29, 0.717) is 17.2 Å². The Balaban J connectivity index is 1.71. The highest BCUT2D eigenvalue weighted by atomic mass is 16.6. The van der Waals surface area contributed by atoms with Crippen molar-refractivity contribution in [2.45, 2.75) is 90.4 Å². The molecule has 2 aromatic carbocycles. The number of benzene rings is 2. The van der Waals surface area contributed by atoms with Gasteiger partial charge in [-0.15, -0.1) is 0 Å². The van der Waals surface area contributed by atoms with E-state index in [9.17, 15) is 10.1 Å². The molecule has 0 radical (unpaired) electrons. The van der Waals surface area contributed by atoms with Crippen molar-refractivity contribution in [2.24, 2.45) is 0 Å². The summed E-state index contributed by atoms with van der Waals surface area (Å²) in [6, 6.07) is 11.9. The number of non-ortho nitro benzene ring substituents is 1. The lowest BCUT2D eigenvalue weighted by Gasteiger charge is -2.13. The molecule has 2 N–H and O–H groups in total. The first-order valence-electron chi connectivity index (χ1n) is 11.9. The van der Waals surface area contributed by atoms with Crippen LogP contribution in [0.1, 0.15) is 89.5 Å². The maximum atomic E-state index is 11.0. The number of anilines is 1. The van der Waals surface area contributed by atoms with Gasteiger partial charge in [0, 0.05) is 17.3 Å². The Morgan fingerprint density at radius 1 is 0.839 bits per heavy atom. The van der Waals surface area contributed by atoms with Crippen LogP contribution in [0.3, 0.4) is 0 Å². The molecule has 0 heterocycles. The summed E-state index contributed by atoms with van der Waals surface area (Å²) in [6.45, 7) is 2.26. The monoisotopic (exact) mass is 426 g/mol. The number of ether oxygens (including phenoxy) is 1. The first-order chi connectivity index (χ1) is 15.1. The molecular formula is C26H38N2O3. The fraction of sp³-hybridized carbons (Fsp3) is 0.538. The van der Waals surface area contributed by atoms with Gasteiger partial charge in [-0.3, -0.25) is 10.1 Å². The summed E-state index contributed by atoms with van der Waals surface area (Å²) in [4.78, 5) is 10.6. The van der Waals surface area contributed by atoms with Crippen molar-refractivity contribution < 1.29 is 9.66 Å². The number of nitrogens with two attached hydrogens (primary N) is 1. The first kappa shape index (κ1) is 24.7. The Labute approximate surface area is 187 Å². The number of rotatable bonds is 16. The number of nitro benzene ring substituents is 1. The minimum absolute atomic E-state index is 0.0175. The normalized spacial score (nSPS) is 10.9. The third-order valence-corrected chi connectivity index (χ3v) is 5.71. The minimum Gasteiger partial charge on any atom is -0.457 e. The molecule has 0 aromatic heterocycles. The van der Waals surface area contributed by atoms with Crippen molar-refractivity contribution in [1.29, 1.82) is 0 Å². The standard InChI is InChI=1S/C26H38N2O3/c1-2-3-4-5-6-7-8-9-10-11-12-13-18-24-25(27)19-15-20-26(24)31-23-17-14-16-22(21-23)28(29)30/h14-17,19-21H,2-13,18,27H2,1H3. The highest BCUT2D eigenvalue weighted by Gasteiger charge is 2.11. The number of nitrogens with zero attached hydrogens (tertiary/aromatic N) is 1. The number of nitrogen functional groups attached to an aromatic ring is 1. The number of nitro groups is 1. The number of hydrogen-bond acceptors (Lipinski definition) is 4. The minimum atomic E-state index is -0.417. The van der Waals surface area contributed by atoms with Crippen molar-refractivity contribution in [3.05, 3.63) is 58.1 Å². The predicted octanol–water partition coefficient (Wildman–Crippen LogP) is 8.21. The van der Waals surface area contributed by atoms with Crippen LogP contribution in [0.4, 0.5) is 11.4 Å². The van der Waals surface area contributed by atoms with E-state index in [-0.39, 0.29) is 5.69 Å². The van der Waals surface area contributed by atoms with Gasteiger partial charge in [-0.2, -0.15) is 0 Å². The van der Waals surface area contributed by atoms with Crippen LogP contribution in [0.15, 0.2) is 42.5 Å². The van der Waals surface area contributed by atoms with Crippen LogP contribution in [0.25, 0.3) is 0 Å². The van der Waals surface area contributed by atoms with E-state index in [4.69, 9.17) is 10.5 Å². The molecule has 0 saturated heterocycles. The van der Waals surface area contributed by atoms with Gasteiger partial charge in [0.2, 0.25) is 0 Å². The molecule has 0 aliphatic rings. The summed E-state index contributed by atoms with van der Waals surface area (Å²) in [5.74, 6) is 1.14. The highest BCUT2D eigenvalue weighted by molar-refractivity contribution is 5.55.